The predicted molar refractivity (Wildman–Crippen MR) is 65.7 cm³/mol. The quantitative estimate of drug-likeness (QED) is 0.768. The Morgan fingerprint density at radius 2 is 2.12 bits per heavy atom. The Bertz CT molecular complexity index is 564. The van der Waals surface area contributed by atoms with Crippen LogP contribution in [0.1, 0.15) is 37.0 Å². The van der Waals surface area contributed by atoms with Gasteiger partial charge in [-0.15, -0.1) is 0 Å². The summed E-state index contributed by atoms with van der Waals surface area (Å²) in [6.07, 6.45) is 0. The molecular formula is C13H15N2O2. The van der Waals surface area contributed by atoms with Crippen LogP contribution >= 0.6 is 0 Å². The highest BCUT2D eigenvalue weighted by Crippen LogP contribution is 2.17. The van der Waals surface area contributed by atoms with E-state index in [0.717, 1.165) is 11.1 Å². The summed E-state index contributed by atoms with van der Waals surface area (Å²) in [5.74, 6) is -0.237. The second-order valence-corrected chi connectivity index (χ2v) is 4.90. The van der Waals surface area contributed by atoms with Crippen molar-refractivity contribution in [2.45, 2.75) is 26.4 Å². The zero-order valence-corrected chi connectivity index (χ0v) is 10.2. The number of esters is 1. The monoisotopic (exact) mass is 231 g/mol. The highest BCUT2D eigenvalue weighted by molar-refractivity contribution is 5.91. The van der Waals surface area contributed by atoms with Crippen molar-refractivity contribution in [2.75, 3.05) is 0 Å². The number of aromatic nitrogens is 2. The lowest BCUT2D eigenvalue weighted by atomic mass is 10.2. The Morgan fingerprint density at radius 1 is 1.41 bits per heavy atom. The minimum atomic E-state index is -0.524. The van der Waals surface area contributed by atoms with Crippen molar-refractivity contribution in [2.24, 2.45) is 0 Å². The molecule has 0 amide bonds. The maximum atomic E-state index is 11.8. The molecule has 1 N–H and O–H groups in total. The van der Waals surface area contributed by atoms with Gasteiger partial charge in [-0.1, -0.05) is 12.1 Å². The van der Waals surface area contributed by atoms with Crippen LogP contribution in [0.2, 0.25) is 0 Å². The van der Waals surface area contributed by atoms with E-state index in [1.54, 1.807) is 0 Å². The summed E-state index contributed by atoms with van der Waals surface area (Å²) in [7, 11) is 0. The third-order valence-corrected chi connectivity index (χ3v) is 2.19. The average Bonchev–Trinajstić information content (AvgIpc) is 2.60. The zero-order valence-electron chi connectivity index (χ0n) is 10.2. The van der Waals surface area contributed by atoms with E-state index in [-0.39, 0.29) is 5.82 Å². The summed E-state index contributed by atoms with van der Waals surface area (Å²) in [6, 6.07) is 5.56. The average molecular weight is 231 g/mol. The summed E-state index contributed by atoms with van der Waals surface area (Å²) in [4.78, 5) is 18.9. The van der Waals surface area contributed by atoms with Crippen molar-refractivity contribution in [1.82, 2.24) is 9.97 Å². The van der Waals surface area contributed by atoms with Gasteiger partial charge in [-0.25, -0.2) is 9.78 Å². The molecule has 17 heavy (non-hydrogen) atoms. The van der Waals surface area contributed by atoms with E-state index in [0.29, 0.717) is 5.52 Å². The number of carbonyl (C=O) groups excluding carboxylic acids is 1. The Kier molecular flexibility index (Phi) is 2.65. The number of carbonyl (C=O) groups is 1. The minimum absolute atomic E-state index is 0.214. The van der Waals surface area contributed by atoms with Crippen LogP contribution in [0.4, 0.5) is 0 Å². The molecule has 1 heterocycles. The molecule has 0 spiro atoms. The third-order valence-electron chi connectivity index (χ3n) is 2.19. The molecule has 2 rings (SSSR count). The fraction of sp³-hybridized carbons (Fsp3) is 0.308. The summed E-state index contributed by atoms with van der Waals surface area (Å²) < 4.78 is 5.24. The molecule has 1 aromatic heterocycles. The van der Waals surface area contributed by atoms with Gasteiger partial charge >= 0.3 is 5.97 Å². The number of rotatable bonds is 1. The topological polar surface area (TPSA) is 55.0 Å². The number of para-hydroxylation sites is 1. The molecule has 0 atom stereocenters. The molecule has 1 aromatic carbocycles. The first-order valence-corrected chi connectivity index (χ1v) is 5.41. The van der Waals surface area contributed by atoms with E-state index in [9.17, 15) is 4.79 Å². The summed E-state index contributed by atoms with van der Waals surface area (Å²) in [5, 5.41) is 0. The van der Waals surface area contributed by atoms with Crippen LogP contribution in [0.25, 0.3) is 11.0 Å². The van der Waals surface area contributed by atoms with E-state index in [2.05, 4.69) is 16.9 Å². The molecule has 1 radical (unpaired) electrons. The number of aromatic amines is 1. The van der Waals surface area contributed by atoms with E-state index in [1.807, 2.05) is 39.0 Å². The molecule has 4 nitrogen and oxygen atoms in total. The lowest BCUT2D eigenvalue weighted by molar-refractivity contribution is 0.00572. The lowest BCUT2D eigenvalue weighted by Crippen LogP contribution is -2.24. The number of fused-ring (bicyclic) bond motifs is 1. The molecular weight excluding hydrogens is 216 g/mol. The van der Waals surface area contributed by atoms with E-state index < -0.39 is 11.6 Å². The van der Waals surface area contributed by atoms with Crippen LogP contribution in [-0.2, 0) is 4.74 Å². The molecule has 2 aromatic rings. The normalized spacial score (nSPS) is 11.8. The molecule has 0 aliphatic heterocycles. The Labute approximate surface area is 100 Å². The maximum Gasteiger partial charge on any atom is 0.374 e. The van der Waals surface area contributed by atoms with Crippen LogP contribution in [0, 0.1) is 6.92 Å². The van der Waals surface area contributed by atoms with Crippen molar-refractivity contribution in [3.63, 3.8) is 0 Å². The van der Waals surface area contributed by atoms with Gasteiger partial charge in [0.05, 0.1) is 11.0 Å². The van der Waals surface area contributed by atoms with Gasteiger partial charge in [-0.2, -0.15) is 0 Å². The van der Waals surface area contributed by atoms with Crippen molar-refractivity contribution in [3.8, 4) is 0 Å². The molecule has 0 fully saturated rings. The van der Waals surface area contributed by atoms with Crippen molar-refractivity contribution >= 4 is 17.0 Å². The van der Waals surface area contributed by atoms with Crippen LogP contribution in [0.15, 0.2) is 18.2 Å². The highest BCUT2D eigenvalue weighted by atomic mass is 16.6. The number of imidazole rings is 1. The molecule has 0 saturated heterocycles. The van der Waals surface area contributed by atoms with Crippen LogP contribution in [-0.4, -0.2) is 21.5 Å². The maximum absolute atomic E-state index is 11.8. The van der Waals surface area contributed by atoms with E-state index in [4.69, 9.17) is 4.74 Å². The van der Waals surface area contributed by atoms with Crippen molar-refractivity contribution < 1.29 is 9.53 Å². The van der Waals surface area contributed by atoms with Gasteiger partial charge in [0.2, 0.25) is 5.82 Å². The fourth-order valence-corrected chi connectivity index (χ4v) is 1.51. The fourth-order valence-electron chi connectivity index (χ4n) is 1.51. The standard InChI is InChI=1S/C13H15N2O2/c1-8-6-5-7-9-10(8)15-11(14-9)12(16)17-13(2,3)4/h5-7H,1H2,2-4H3,(H,14,15). The molecule has 0 aliphatic carbocycles. The number of nitrogens with one attached hydrogen (secondary N) is 1. The van der Waals surface area contributed by atoms with Crippen molar-refractivity contribution in [3.05, 3.63) is 36.5 Å². The van der Waals surface area contributed by atoms with Crippen LogP contribution in [0.3, 0.4) is 0 Å². The SMILES string of the molecule is [CH2]c1cccc2[nH]c(C(=O)OC(C)(C)C)nc12. The van der Waals surface area contributed by atoms with Gasteiger partial charge in [-0.3, -0.25) is 0 Å². The molecule has 0 bridgehead atoms. The number of benzene rings is 1. The molecule has 4 heteroatoms. The van der Waals surface area contributed by atoms with Gasteiger partial charge in [0, 0.05) is 0 Å². The minimum Gasteiger partial charge on any atom is -0.454 e. The Morgan fingerprint density at radius 3 is 2.71 bits per heavy atom. The number of nitrogens with zero attached hydrogens (tertiary/aromatic N) is 1. The lowest BCUT2D eigenvalue weighted by Gasteiger charge is -2.18. The summed E-state index contributed by atoms with van der Waals surface area (Å²) >= 11 is 0. The van der Waals surface area contributed by atoms with Gasteiger partial charge < -0.3 is 9.72 Å². The van der Waals surface area contributed by atoms with Crippen LogP contribution < -0.4 is 0 Å². The zero-order chi connectivity index (χ0) is 12.6. The predicted octanol–water partition coefficient (Wildman–Crippen LogP) is 2.70. The van der Waals surface area contributed by atoms with Crippen LogP contribution in [0.5, 0.6) is 0 Å². The first-order chi connectivity index (χ1) is 7.87. The second-order valence-electron chi connectivity index (χ2n) is 4.90. The molecule has 0 saturated carbocycles. The summed E-state index contributed by atoms with van der Waals surface area (Å²) in [6.45, 7) is 9.32. The van der Waals surface area contributed by atoms with Gasteiger partial charge in [0.25, 0.3) is 0 Å². The third kappa shape index (κ3) is 2.46. The second kappa shape index (κ2) is 3.87. The van der Waals surface area contributed by atoms with Gasteiger partial charge in [0.15, 0.2) is 0 Å². The number of hydrogen-bond acceptors (Lipinski definition) is 3. The number of ether oxygens (including phenoxy) is 1. The van der Waals surface area contributed by atoms with E-state index >= 15 is 0 Å². The van der Waals surface area contributed by atoms with Gasteiger partial charge in [-0.05, 0) is 39.3 Å². The molecule has 0 aliphatic rings. The number of H-pyrrole nitrogens is 1. The summed E-state index contributed by atoms with van der Waals surface area (Å²) in [5.41, 5.74) is 1.75. The highest BCUT2D eigenvalue weighted by Gasteiger charge is 2.20. The van der Waals surface area contributed by atoms with E-state index in [1.165, 1.54) is 0 Å². The number of hydrogen-bond donors (Lipinski definition) is 1. The van der Waals surface area contributed by atoms with Crippen molar-refractivity contribution in [1.29, 1.82) is 0 Å². The first-order valence-electron chi connectivity index (χ1n) is 5.41. The first kappa shape index (κ1) is 11.6. The van der Waals surface area contributed by atoms with Gasteiger partial charge in [0.1, 0.15) is 5.60 Å². The Hall–Kier alpha value is -1.84. The molecule has 0 unspecified atom stereocenters. The Balaban J connectivity index is 2.37. The largest absolute Gasteiger partial charge is 0.454 e. The smallest absolute Gasteiger partial charge is 0.374 e. The molecule has 89 valence electrons.